The number of halogens is 1. The summed E-state index contributed by atoms with van der Waals surface area (Å²) in [5.41, 5.74) is 2.22. The van der Waals surface area contributed by atoms with Crippen molar-refractivity contribution in [2.24, 2.45) is 0 Å². The van der Waals surface area contributed by atoms with Crippen molar-refractivity contribution in [3.63, 3.8) is 0 Å². The van der Waals surface area contributed by atoms with Crippen molar-refractivity contribution >= 4 is 29.2 Å². The molecule has 6 heteroatoms. The summed E-state index contributed by atoms with van der Waals surface area (Å²) in [6.07, 6.45) is 0. The second-order valence-corrected chi connectivity index (χ2v) is 4.40. The Labute approximate surface area is 117 Å². The van der Waals surface area contributed by atoms with Gasteiger partial charge < -0.3 is 10.2 Å². The molecule has 5 nitrogen and oxygen atoms in total. The molecule has 0 saturated carbocycles. The highest BCUT2D eigenvalue weighted by Crippen LogP contribution is 2.24. The van der Waals surface area contributed by atoms with Crippen LogP contribution in [0.25, 0.3) is 0 Å². The lowest BCUT2D eigenvalue weighted by Crippen LogP contribution is -2.20. The largest absolute Gasteiger partial charge is 0.357 e. The minimum absolute atomic E-state index is 0.181. The molecule has 1 N–H and O–H groups in total. The molecule has 19 heavy (non-hydrogen) atoms. The van der Waals surface area contributed by atoms with E-state index in [0.29, 0.717) is 11.9 Å². The predicted octanol–water partition coefficient (Wildman–Crippen LogP) is 3.03. The molecular formula is C13H16ClN5. The van der Waals surface area contributed by atoms with E-state index in [0.717, 1.165) is 12.2 Å². The Hall–Kier alpha value is -1.88. The Kier molecular flexibility index (Phi) is 4.16. The summed E-state index contributed by atoms with van der Waals surface area (Å²) in [4.78, 5) is 14.5. The molecule has 100 valence electrons. The van der Waals surface area contributed by atoms with Crippen molar-refractivity contribution in [2.45, 2.75) is 13.8 Å². The third-order valence-corrected chi connectivity index (χ3v) is 2.86. The molecule has 0 radical (unpaired) electrons. The Morgan fingerprint density at radius 1 is 1.26 bits per heavy atom. The molecule has 0 spiro atoms. The Morgan fingerprint density at radius 3 is 2.68 bits per heavy atom. The van der Waals surface area contributed by atoms with Gasteiger partial charge in [0.1, 0.15) is 0 Å². The van der Waals surface area contributed by atoms with Crippen LogP contribution < -0.4 is 10.2 Å². The zero-order valence-corrected chi connectivity index (χ0v) is 11.9. The number of aromatic nitrogens is 3. The number of nitrogens with zero attached hydrogens (tertiary/aromatic N) is 4. The smallest absolute Gasteiger partial charge is 0.236 e. The highest BCUT2D eigenvalue weighted by atomic mass is 35.5. The third-order valence-electron chi connectivity index (χ3n) is 2.69. The first-order valence-corrected chi connectivity index (χ1v) is 6.45. The van der Waals surface area contributed by atoms with Gasteiger partial charge in [-0.25, -0.2) is 0 Å². The van der Waals surface area contributed by atoms with E-state index < -0.39 is 0 Å². The van der Waals surface area contributed by atoms with Crippen LogP contribution in [0.3, 0.4) is 0 Å². The molecule has 0 unspecified atom stereocenters. The average molecular weight is 278 g/mol. The van der Waals surface area contributed by atoms with E-state index in [-0.39, 0.29) is 5.28 Å². The lowest BCUT2D eigenvalue weighted by atomic mass is 10.2. The van der Waals surface area contributed by atoms with Gasteiger partial charge in [0.05, 0.1) is 0 Å². The van der Waals surface area contributed by atoms with Crippen molar-refractivity contribution in [1.82, 2.24) is 15.0 Å². The van der Waals surface area contributed by atoms with Gasteiger partial charge in [0.2, 0.25) is 17.2 Å². The van der Waals surface area contributed by atoms with E-state index in [1.807, 2.05) is 24.0 Å². The van der Waals surface area contributed by atoms with Crippen molar-refractivity contribution in [3.8, 4) is 0 Å². The molecule has 0 fully saturated rings. The Balaban J connectivity index is 2.44. The number of hydrogen-bond acceptors (Lipinski definition) is 5. The topological polar surface area (TPSA) is 53.9 Å². The van der Waals surface area contributed by atoms with Crippen LogP contribution in [-0.4, -0.2) is 28.5 Å². The first kappa shape index (κ1) is 13.5. The fourth-order valence-electron chi connectivity index (χ4n) is 1.81. The molecule has 0 amide bonds. The summed E-state index contributed by atoms with van der Waals surface area (Å²) in [6.45, 7) is 4.84. The van der Waals surface area contributed by atoms with E-state index in [4.69, 9.17) is 11.6 Å². The Bertz CT molecular complexity index is 573. The monoisotopic (exact) mass is 277 g/mol. The summed E-state index contributed by atoms with van der Waals surface area (Å²) < 4.78 is 0. The van der Waals surface area contributed by atoms with Gasteiger partial charge in [-0.05, 0) is 43.1 Å². The number of aryl methyl sites for hydroxylation is 1. The maximum absolute atomic E-state index is 5.92. The van der Waals surface area contributed by atoms with Crippen LogP contribution in [0.1, 0.15) is 12.5 Å². The van der Waals surface area contributed by atoms with Crippen LogP contribution in [-0.2, 0) is 0 Å². The van der Waals surface area contributed by atoms with Crippen LogP contribution in [0.15, 0.2) is 24.3 Å². The van der Waals surface area contributed by atoms with Gasteiger partial charge >= 0.3 is 0 Å². The normalized spacial score (nSPS) is 10.3. The first-order chi connectivity index (χ1) is 9.13. The summed E-state index contributed by atoms with van der Waals surface area (Å²) in [5, 5.41) is 3.06. The highest BCUT2D eigenvalue weighted by Gasteiger charge is 2.13. The van der Waals surface area contributed by atoms with E-state index in [9.17, 15) is 0 Å². The maximum Gasteiger partial charge on any atom is 0.236 e. The quantitative estimate of drug-likeness (QED) is 0.931. The van der Waals surface area contributed by atoms with Gasteiger partial charge in [0.15, 0.2) is 0 Å². The number of rotatable bonds is 4. The van der Waals surface area contributed by atoms with Crippen LogP contribution in [0.4, 0.5) is 17.6 Å². The molecule has 1 aromatic heterocycles. The second-order valence-electron chi connectivity index (χ2n) is 4.06. The molecule has 0 aliphatic rings. The van der Waals surface area contributed by atoms with Crippen LogP contribution in [0.5, 0.6) is 0 Å². The molecule has 0 bridgehead atoms. The molecule has 0 atom stereocenters. The van der Waals surface area contributed by atoms with E-state index in [1.165, 1.54) is 5.56 Å². The number of benzene rings is 1. The summed E-state index contributed by atoms with van der Waals surface area (Å²) in [6, 6.07) is 8.17. The zero-order valence-electron chi connectivity index (χ0n) is 11.2. The SMILES string of the molecule is CCN(c1cccc(C)c1)c1nc(Cl)nc(NC)n1. The maximum atomic E-state index is 5.92. The standard InChI is InChI=1S/C13H16ClN5/c1-4-19(10-7-5-6-9(2)8-10)13-17-11(14)16-12(15-3)18-13/h5-8H,4H2,1-3H3,(H,15,16,17,18). The molecule has 0 aliphatic carbocycles. The first-order valence-electron chi connectivity index (χ1n) is 6.07. The molecule has 1 aromatic carbocycles. The molecule has 2 rings (SSSR count). The summed E-state index contributed by atoms with van der Waals surface area (Å²) in [7, 11) is 1.75. The molecule has 2 aromatic rings. The van der Waals surface area contributed by atoms with Crippen molar-refractivity contribution in [1.29, 1.82) is 0 Å². The van der Waals surface area contributed by atoms with Crippen molar-refractivity contribution in [3.05, 3.63) is 35.1 Å². The summed E-state index contributed by atoms with van der Waals surface area (Å²) in [5.74, 6) is 0.999. The molecule has 1 heterocycles. The predicted molar refractivity (Wildman–Crippen MR) is 78.2 cm³/mol. The van der Waals surface area contributed by atoms with Gasteiger partial charge in [-0.15, -0.1) is 0 Å². The average Bonchev–Trinajstić information content (AvgIpc) is 2.39. The highest BCUT2D eigenvalue weighted by molar-refractivity contribution is 6.28. The van der Waals surface area contributed by atoms with E-state index in [1.54, 1.807) is 7.05 Å². The molecular weight excluding hydrogens is 262 g/mol. The number of nitrogens with one attached hydrogen (secondary N) is 1. The van der Waals surface area contributed by atoms with Gasteiger partial charge in [-0.1, -0.05) is 12.1 Å². The molecule has 0 saturated heterocycles. The van der Waals surface area contributed by atoms with Crippen LogP contribution in [0.2, 0.25) is 5.28 Å². The fourth-order valence-corrected chi connectivity index (χ4v) is 1.96. The minimum Gasteiger partial charge on any atom is -0.357 e. The van der Waals surface area contributed by atoms with E-state index >= 15 is 0 Å². The lowest BCUT2D eigenvalue weighted by molar-refractivity contribution is 0.922. The van der Waals surface area contributed by atoms with Gasteiger partial charge in [-0.3, -0.25) is 0 Å². The fraction of sp³-hybridized carbons (Fsp3) is 0.308. The van der Waals surface area contributed by atoms with Crippen molar-refractivity contribution in [2.75, 3.05) is 23.8 Å². The Morgan fingerprint density at radius 2 is 2.05 bits per heavy atom. The number of hydrogen-bond donors (Lipinski definition) is 1. The van der Waals surface area contributed by atoms with Gasteiger partial charge in [-0.2, -0.15) is 15.0 Å². The van der Waals surface area contributed by atoms with E-state index in [2.05, 4.69) is 39.3 Å². The zero-order chi connectivity index (χ0) is 13.8. The lowest BCUT2D eigenvalue weighted by Gasteiger charge is -2.21. The van der Waals surface area contributed by atoms with Crippen molar-refractivity contribution < 1.29 is 0 Å². The van der Waals surface area contributed by atoms with Crippen LogP contribution >= 0.6 is 11.6 Å². The van der Waals surface area contributed by atoms with Crippen LogP contribution in [0, 0.1) is 6.92 Å². The summed E-state index contributed by atoms with van der Waals surface area (Å²) >= 11 is 5.92. The molecule has 0 aliphatic heterocycles. The van der Waals surface area contributed by atoms with Gasteiger partial charge in [0, 0.05) is 19.3 Å². The number of anilines is 3. The third kappa shape index (κ3) is 3.12. The van der Waals surface area contributed by atoms with Gasteiger partial charge in [0.25, 0.3) is 0 Å². The second kappa shape index (κ2) is 5.84. The minimum atomic E-state index is 0.181.